The monoisotopic (exact) mass is 457 g/mol. The van der Waals surface area contributed by atoms with Crippen molar-refractivity contribution in [1.29, 1.82) is 0 Å². The number of nitrogens with zero attached hydrogens (tertiary/aromatic N) is 1. The third-order valence-electron chi connectivity index (χ3n) is 5.20. The molecule has 0 saturated carbocycles. The largest absolute Gasteiger partial charge is 0.475 e. The van der Waals surface area contributed by atoms with Gasteiger partial charge in [0.25, 0.3) is 17.9 Å². The van der Waals surface area contributed by atoms with Gasteiger partial charge in [-0.2, -0.15) is 0 Å². The average molecular weight is 457 g/mol. The molecule has 0 aliphatic carbocycles. The predicted octanol–water partition coefficient (Wildman–Crippen LogP) is 3.11. The maximum Gasteiger partial charge on any atom is 0.328 e. The maximum absolute atomic E-state index is 11.8. The zero-order valence-corrected chi connectivity index (χ0v) is 17.8. The van der Waals surface area contributed by atoms with Crippen molar-refractivity contribution in [3.05, 3.63) is 90.0 Å². The fourth-order valence-corrected chi connectivity index (χ4v) is 3.51. The van der Waals surface area contributed by atoms with Gasteiger partial charge in [-0.25, -0.2) is 9.79 Å². The fourth-order valence-electron chi connectivity index (χ4n) is 3.51. The molecule has 1 atom stereocenters. The van der Waals surface area contributed by atoms with Crippen molar-refractivity contribution in [2.45, 2.75) is 12.1 Å². The molecular formula is C25H19N3O6. The second-order valence-corrected chi connectivity index (χ2v) is 7.58. The summed E-state index contributed by atoms with van der Waals surface area (Å²) in [4.78, 5) is 39.4. The molecule has 0 bridgehead atoms. The molecule has 1 fully saturated rings. The number of carbonyl (C=O) groups excluding carboxylic acids is 3. The molecule has 5 rings (SSSR count). The second-order valence-electron chi connectivity index (χ2n) is 7.58. The van der Waals surface area contributed by atoms with E-state index in [0.717, 1.165) is 11.1 Å². The van der Waals surface area contributed by atoms with Crippen LogP contribution in [-0.2, 0) is 14.3 Å². The van der Waals surface area contributed by atoms with E-state index in [0.29, 0.717) is 24.0 Å². The highest BCUT2D eigenvalue weighted by Crippen LogP contribution is 2.28. The Morgan fingerprint density at radius 3 is 2.00 bits per heavy atom. The molecule has 0 aromatic heterocycles. The van der Waals surface area contributed by atoms with E-state index < -0.39 is 23.9 Å². The van der Waals surface area contributed by atoms with E-state index in [2.05, 4.69) is 4.99 Å². The Bertz CT molecular complexity index is 1240. The summed E-state index contributed by atoms with van der Waals surface area (Å²) in [5, 5.41) is 3.97. The lowest BCUT2D eigenvalue weighted by molar-refractivity contribution is -0.139. The molecule has 34 heavy (non-hydrogen) atoms. The second kappa shape index (κ2) is 9.07. The number of imide groups is 2. The van der Waals surface area contributed by atoms with Crippen molar-refractivity contribution in [1.82, 2.24) is 10.6 Å². The minimum Gasteiger partial charge on any atom is -0.475 e. The highest BCUT2D eigenvalue weighted by atomic mass is 16.5. The third kappa shape index (κ3) is 4.58. The van der Waals surface area contributed by atoms with Gasteiger partial charge >= 0.3 is 6.03 Å². The quantitative estimate of drug-likeness (QED) is 0.550. The third-order valence-corrected chi connectivity index (χ3v) is 5.20. The van der Waals surface area contributed by atoms with Gasteiger partial charge in [0.15, 0.2) is 0 Å². The Kier molecular flexibility index (Phi) is 5.65. The minimum absolute atomic E-state index is 0.0147. The molecule has 2 N–H and O–H groups in total. The van der Waals surface area contributed by atoms with Crippen LogP contribution in [0.25, 0.3) is 0 Å². The van der Waals surface area contributed by atoms with Gasteiger partial charge in [-0.1, -0.05) is 30.3 Å². The minimum atomic E-state index is -1.45. The van der Waals surface area contributed by atoms with Gasteiger partial charge < -0.3 is 14.2 Å². The topological polar surface area (TPSA) is 115 Å². The highest BCUT2D eigenvalue weighted by molar-refractivity contribution is 6.18. The Labute approximate surface area is 194 Å². The van der Waals surface area contributed by atoms with E-state index in [1.807, 2.05) is 65.2 Å². The molecule has 2 heterocycles. The van der Waals surface area contributed by atoms with Crippen LogP contribution in [0.4, 0.5) is 4.79 Å². The standard InChI is InChI=1S/C25H19N3O6/c29-22-21(23(30)28-25(31)27-22)34-19-12-10-18(11-13-19)33-17-8-6-16(7-9-17)24-26-20(14-32-24)15-4-2-1-3-5-15/h1-13,20-21H,14H2,(H2,27,28,29,30,31). The molecule has 1 unspecified atom stereocenters. The molecular weight excluding hydrogens is 438 g/mol. The summed E-state index contributed by atoms with van der Waals surface area (Å²) in [7, 11) is 0. The first kappa shape index (κ1) is 21.2. The van der Waals surface area contributed by atoms with Crippen molar-refractivity contribution in [2.24, 2.45) is 4.99 Å². The average Bonchev–Trinajstić information content (AvgIpc) is 3.34. The highest BCUT2D eigenvalue weighted by Gasteiger charge is 2.36. The SMILES string of the molecule is O=C1NC(=O)C(Oc2ccc(Oc3ccc(C4=NC(c5ccccc5)CO4)cc3)cc2)C(=O)N1. The molecule has 3 aromatic rings. The lowest BCUT2D eigenvalue weighted by Crippen LogP contribution is -2.60. The number of aliphatic imine (C=N–C) groups is 1. The van der Waals surface area contributed by atoms with Gasteiger partial charge in [-0.15, -0.1) is 0 Å². The summed E-state index contributed by atoms with van der Waals surface area (Å²) in [6, 6.07) is 22.9. The molecule has 9 nitrogen and oxygen atoms in total. The lowest BCUT2D eigenvalue weighted by atomic mass is 10.1. The lowest BCUT2D eigenvalue weighted by Gasteiger charge is -2.21. The predicted molar refractivity (Wildman–Crippen MR) is 121 cm³/mol. The van der Waals surface area contributed by atoms with Crippen LogP contribution in [0, 0.1) is 0 Å². The Morgan fingerprint density at radius 2 is 1.35 bits per heavy atom. The summed E-state index contributed by atoms with van der Waals surface area (Å²) in [5.74, 6) is 0.378. The van der Waals surface area contributed by atoms with Gasteiger partial charge in [0.05, 0.1) is 0 Å². The molecule has 4 amide bonds. The number of barbiturate groups is 1. The molecule has 170 valence electrons. The van der Waals surface area contributed by atoms with E-state index >= 15 is 0 Å². The number of benzene rings is 3. The van der Waals surface area contributed by atoms with Crippen LogP contribution >= 0.6 is 0 Å². The number of ether oxygens (including phenoxy) is 3. The number of rotatable bonds is 6. The van der Waals surface area contributed by atoms with Crippen molar-refractivity contribution < 1.29 is 28.6 Å². The van der Waals surface area contributed by atoms with Crippen LogP contribution in [0.2, 0.25) is 0 Å². The summed E-state index contributed by atoms with van der Waals surface area (Å²) < 4.78 is 17.0. The molecule has 3 aromatic carbocycles. The van der Waals surface area contributed by atoms with Crippen molar-refractivity contribution in [3.63, 3.8) is 0 Å². The van der Waals surface area contributed by atoms with E-state index in [1.54, 1.807) is 24.3 Å². The van der Waals surface area contributed by atoms with E-state index in [9.17, 15) is 14.4 Å². The molecule has 9 heteroatoms. The molecule has 1 saturated heterocycles. The first-order valence-electron chi connectivity index (χ1n) is 10.5. The maximum atomic E-state index is 11.8. The summed E-state index contributed by atoms with van der Waals surface area (Å²) in [6.07, 6.45) is -1.45. The first-order chi connectivity index (χ1) is 16.5. The van der Waals surface area contributed by atoms with Crippen molar-refractivity contribution in [2.75, 3.05) is 6.61 Å². The Morgan fingerprint density at radius 1 is 0.765 bits per heavy atom. The molecule has 2 aliphatic heterocycles. The summed E-state index contributed by atoms with van der Waals surface area (Å²) in [5.41, 5.74) is 1.97. The van der Waals surface area contributed by atoms with E-state index in [-0.39, 0.29) is 11.8 Å². The van der Waals surface area contributed by atoms with Gasteiger partial charge in [0.2, 0.25) is 5.90 Å². The van der Waals surface area contributed by atoms with E-state index in [1.165, 1.54) is 0 Å². The molecule has 0 spiro atoms. The zero-order valence-electron chi connectivity index (χ0n) is 17.8. The first-order valence-corrected chi connectivity index (χ1v) is 10.5. The fraction of sp³-hybridized carbons (Fsp3) is 0.120. The Balaban J connectivity index is 1.20. The van der Waals surface area contributed by atoms with Gasteiger partial charge in [-0.05, 0) is 54.1 Å². The zero-order chi connectivity index (χ0) is 23.5. The van der Waals surface area contributed by atoms with Gasteiger partial charge in [0.1, 0.15) is 29.9 Å². The number of nitrogens with one attached hydrogen (secondary N) is 2. The summed E-state index contributed by atoms with van der Waals surface area (Å²) in [6.45, 7) is 0.506. The number of hydrogen-bond donors (Lipinski definition) is 2. The molecule has 2 aliphatic rings. The van der Waals surface area contributed by atoms with Crippen LogP contribution in [-0.4, -0.2) is 36.5 Å². The van der Waals surface area contributed by atoms with Crippen LogP contribution in [0.3, 0.4) is 0 Å². The number of urea groups is 1. The van der Waals surface area contributed by atoms with Gasteiger partial charge in [0, 0.05) is 5.56 Å². The number of carbonyl (C=O) groups is 3. The normalized spacial score (nSPS) is 17.9. The summed E-state index contributed by atoms with van der Waals surface area (Å²) >= 11 is 0. The number of amides is 4. The van der Waals surface area contributed by atoms with Crippen LogP contribution in [0.5, 0.6) is 17.2 Å². The van der Waals surface area contributed by atoms with Gasteiger partial charge in [-0.3, -0.25) is 20.2 Å². The Hall–Kier alpha value is -4.66. The smallest absolute Gasteiger partial charge is 0.328 e. The number of hydrogen-bond acceptors (Lipinski definition) is 7. The van der Waals surface area contributed by atoms with Crippen molar-refractivity contribution in [3.8, 4) is 17.2 Å². The van der Waals surface area contributed by atoms with Crippen LogP contribution in [0.15, 0.2) is 83.9 Å². The molecule has 0 radical (unpaired) electrons. The van der Waals surface area contributed by atoms with Crippen LogP contribution in [0.1, 0.15) is 17.2 Å². The van der Waals surface area contributed by atoms with Crippen molar-refractivity contribution >= 4 is 23.7 Å². The van der Waals surface area contributed by atoms with E-state index in [4.69, 9.17) is 14.2 Å². The van der Waals surface area contributed by atoms with Crippen LogP contribution < -0.4 is 20.1 Å².